The first-order valence-electron chi connectivity index (χ1n) is 5.61. The average molecular weight is 266 g/mol. The highest BCUT2D eigenvalue weighted by Crippen LogP contribution is 2.18. The normalized spacial score (nSPS) is 20.4. The molecule has 1 aliphatic heterocycles. The maximum atomic E-state index is 12.2. The van der Waals surface area contributed by atoms with E-state index < -0.39 is 24.7 Å². The van der Waals surface area contributed by atoms with E-state index in [4.69, 9.17) is 0 Å². The van der Waals surface area contributed by atoms with E-state index in [1.54, 1.807) is 4.90 Å². The van der Waals surface area contributed by atoms with E-state index in [0.717, 1.165) is 0 Å². The fourth-order valence-corrected chi connectivity index (χ4v) is 1.97. The third kappa shape index (κ3) is 4.30. The van der Waals surface area contributed by atoms with Gasteiger partial charge in [0.2, 0.25) is 0 Å². The number of halogens is 3. The number of methoxy groups -OCH3 is 1. The van der Waals surface area contributed by atoms with Gasteiger partial charge in [0.25, 0.3) is 0 Å². The molecule has 0 aliphatic carbocycles. The number of alkyl halides is 3. The van der Waals surface area contributed by atoms with E-state index in [-0.39, 0.29) is 13.1 Å². The Hall–Kier alpha value is -1.08. The van der Waals surface area contributed by atoms with Crippen LogP contribution in [0.15, 0.2) is 12.7 Å². The van der Waals surface area contributed by atoms with Gasteiger partial charge in [0.1, 0.15) is 6.04 Å². The Morgan fingerprint density at radius 2 is 1.94 bits per heavy atom. The SMILES string of the molecule is C=CC(C(=O)OC)N1CCN(CC(F)(F)F)CC1. The number of ether oxygens (including phenoxy) is 1. The second-order valence-electron chi connectivity index (χ2n) is 4.13. The standard InChI is InChI=1S/C11H17F3N2O2/c1-3-9(10(17)18-2)16-6-4-15(5-7-16)8-11(12,13)14/h3,9H,1,4-8H2,2H3. The van der Waals surface area contributed by atoms with Crippen molar-refractivity contribution in [2.45, 2.75) is 12.2 Å². The summed E-state index contributed by atoms with van der Waals surface area (Å²) in [6, 6.07) is -0.581. The number of esters is 1. The molecule has 0 aromatic heterocycles. The minimum Gasteiger partial charge on any atom is -0.468 e. The van der Waals surface area contributed by atoms with Crippen LogP contribution in [0.2, 0.25) is 0 Å². The summed E-state index contributed by atoms with van der Waals surface area (Å²) in [6.45, 7) is 3.98. The summed E-state index contributed by atoms with van der Waals surface area (Å²) < 4.78 is 41.2. The number of carbonyl (C=O) groups excluding carboxylic acids is 1. The lowest BCUT2D eigenvalue weighted by Crippen LogP contribution is -2.53. The lowest BCUT2D eigenvalue weighted by atomic mass is 10.2. The van der Waals surface area contributed by atoms with Crippen LogP contribution < -0.4 is 0 Å². The third-order valence-electron chi connectivity index (χ3n) is 2.87. The average Bonchev–Trinajstić information content (AvgIpc) is 2.30. The van der Waals surface area contributed by atoms with E-state index >= 15 is 0 Å². The maximum absolute atomic E-state index is 12.2. The zero-order valence-electron chi connectivity index (χ0n) is 10.2. The van der Waals surface area contributed by atoms with Gasteiger partial charge in [-0.25, -0.2) is 0 Å². The Bertz CT molecular complexity index is 299. The highest BCUT2D eigenvalue weighted by molar-refractivity contribution is 5.77. The van der Waals surface area contributed by atoms with Crippen LogP contribution in [0.5, 0.6) is 0 Å². The van der Waals surface area contributed by atoms with Crippen LogP contribution >= 0.6 is 0 Å². The molecule has 0 aromatic rings. The van der Waals surface area contributed by atoms with Crippen molar-refractivity contribution >= 4 is 5.97 Å². The van der Waals surface area contributed by atoms with Crippen LogP contribution in [-0.2, 0) is 9.53 Å². The molecule has 1 rings (SSSR count). The van der Waals surface area contributed by atoms with E-state index in [0.29, 0.717) is 13.1 Å². The van der Waals surface area contributed by atoms with Gasteiger partial charge in [0.15, 0.2) is 0 Å². The minimum absolute atomic E-state index is 0.279. The van der Waals surface area contributed by atoms with Gasteiger partial charge < -0.3 is 4.74 Å². The van der Waals surface area contributed by atoms with Crippen molar-refractivity contribution < 1.29 is 22.7 Å². The van der Waals surface area contributed by atoms with Gasteiger partial charge in [0.05, 0.1) is 13.7 Å². The maximum Gasteiger partial charge on any atom is 0.401 e. The predicted molar refractivity (Wildman–Crippen MR) is 60.1 cm³/mol. The van der Waals surface area contributed by atoms with Crippen LogP contribution in [0.3, 0.4) is 0 Å². The minimum atomic E-state index is -4.18. The molecule has 1 fully saturated rings. The summed E-state index contributed by atoms with van der Waals surface area (Å²) >= 11 is 0. The summed E-state index contributed by atoms with van der Waals surface area (Å²) in [4.78, 5) is 14.5. The summed E-state index contributed by atoms with van der Waals surface area (Å²) in [6.07, 6.45) is -2.73. The number of piperazine rings is 1. The van der Waals surface area contributed by atoms with Crippen LogP contribution in [0.4, 0.5) is 13.2 Å². The van der Waals surface area contributed by atoms with Crippen LogP contribution in [-0.4, -0.2) is 67.8 Å². The number of hydrogen-bond acceptors (Lipinski definition) is 4. The molecule has 0 bridgehead atoms. The van der Waals surface area contributed by atoms with E-state index in [2.05, 4.69) is 11.3 Å². The van der Waals surface area contributed by atoms with Gasteiger partial charge in [0, 0.05) is 26.2 Å². The Morgan fingerprint density at radius 3 is 2.33 bits per heavy atom. The first-order chi connectivity index (χ1) is 8.37. The monoisotopic (exact) mass is 266 g/mol. The molecule has 4 nitrogen and oxygen atoms in total. The van der Waals surface area contributed by atoms with E-state index in [1.165, 1.54) is 18.1 Å². The number of rotatable bonds is 4. The van der Waals surface area contributed by atoms with Gasteiger partial charge in [-0.1, -0.05) is 6.08 Å². The number of hydrogen-bond donors (Lipinski definition) is 0. The lowest BCUT2D eigenvalue weighted by Gasteiger charge is -2.37. The quantitative estimate of drug-likeness (QED) is 0.559. The van der Waals surface area contributed by atoms with Gasteiger partial charge in [-0.3, -0.25) is 14.6 Å². The largest absolute Gasteiger partial charge is 0.468 e. The molecular formula is C11H17F3N2O2. The molecule has 0 N–H and O–H groups in total. The molecule has 0 amide bonds. The second-order valence-corrected chi connectivity index (χ2v) is 4.13. The second kappa shape index (κ2) is 6.19. The van der Waals surface area contributed by atoms with Crippen molar-refractivity contribution in [1.82, 2.24) is 9.80 Å². The molecule has 7 heteroatoms. The van der Waals surface area contributed by atoms with Crippen molar-refractivity contribution in [2.24, 2.45) is 0 Å². The molecule has 18 heavy (non-hydrogen) atoms. The zero-order chi connectivity index (χ0) is 13.8. The highest BCUT2D eigenvalue weighted by atomic mass is 19.4. The van der Waals surface area contributed by atoms with Crippen molar-refractivity contribution in [3.05, 3.63) is 12.7 Å². The molecule has 0 spiro atoms. The Balaban J connectivity index is 2.47. The molecule has 0 aromatic carbocycles. The van der Waals surface area contributed by atoms with E-state index in [9.17, 15) is 18.0 Å². The van der Waals surface area contributed by atoms with Gasteiger partial charge in [-0.15, -0.1) is 6.58 Å². The van der Waals surface area contributed by atoms with Crippen molar-refractivity contribution in [3.63, 3.8) is 0 Å². The molecule has 1 unspecified atom stereocenters. The summed E-state index contributed by atoms with van der Waals surface area (Å²) in [5.74, 6) is -0.436. The van der Waals surface area contributed by atoms with Crippen LogP contribution in [0.25, 0.3) is 0 Å². The zero-order valence-corrected chi connectivity index (χ0v) is 10.2. The molecule has 1 heterocycles. The van der Waals surface area contributed by atoms with Crippen LogP contribution in [0, 0.1) is 0 Å². The van der Waals surface area contributed by atoms with Crippen LogP contribution in [0.1, 0.15) is 0 Å². The Labute approximate surface area is 104 Å². The summed E-state index contributed by atoms with van der Waals surface area (Å²) in [5, 5.41) is 0. The van der Waals surface area contributed by atoms with Crippen molar-refractivity contribution in [3.8, 4) is 0 Å². The van der Waals surface area contributed by atoms with Crippen molar-refractivity contribution in [1.29, 1.82) is 0 Å². The molecule has 1 saturated heterocycles. The first-order valence-corrected chi connectivity index (χ1v) is 5.61. The summed E-state index contributed by atoms with van der Waals surface area (Å²) in [5.41, 5.74) is 0. The van der Waals surface area contributed by atoms with Crippen molar-refractivity contribution in [2.75, 3.05) is 39.8 Å². The molecule has 1 aliphatic rings. The lowest BCUT2D eigenvalue weighted by molar-refractivity contribution is -0.154. The Morgan fingerprint density at radius 1 is 1.39 bits per heavy atom. The Kier molecular flexibility index (Phi) is 5.15. The fraction of sp³-hybridized carbons (Fsp3) is 0.727. The topological polar surface area (TPSA) is 32.8 Å². The van der Waals surface area contributed by atoms with Gasteiger partial charge in [-0.2, -0.15) is 13.2 Å². The summed E-state index contributed by atoms with van der Waals surface area (Å²) in [7, 11) is 1.28. The van der Waals surface area contributed by atoms with E-state index in [1.807, 2.05) is 0 Å². The molecular weight excluding hydrogens is 249 g/mol. The smallest absolute Gasteiger partial charge is 0.401 e. The third-order valence-corrected chi connectivity index (χ3v) is 2.87. The van der Waals surface area contributed by atoms with Gasteiger partial charge >= 0.3 is 12.1 Å². The molecule has 1 atom stereocenters. The first kappa shape index (κ1) is 15.0. The number of nitrogens with zero attached hydrogens (tertiary/aromatic N) is 2. The highest BCUT2D eigenvalue weighted by Gasteiger charge is 2.34. The molecule has 0 saturated carbocycles. The number of carbonyl (C=O) groups is 1. The fourth-order valence-electron chi connectivity index (χ4n) is 1.97. The molecule has 104 valence electrons. The predicted octanol–water partition coefficient (Wildman–Crippen LogP) is 0.894. The van der Waals surface area contributed by atoms with Gasteiger partial charge in [-0.05, 0) is 0 Å². The molecule has 0 radical (unpaired) electrons.